The molecule has 15 heavy (non-hydrogen) atoms. The van der Waals surface area contributed by atoms with Crippen molar-refractivity contribution < 1.29 is 9.90 Å². The first-order chi connectivity index (χ1) is 7.06. The highest BCUT2D eigenvalue weighted by Crippen LogP contribution is 2.25. The van der Waals surface area contributed by atoms with Crippen LogP contribution >= 0.6 is 38.5 Å². The first kappa shape index (κ1) is 12.9. The summed E-state index contributed by atoms with van der Waals surface area (Å²) in [5, 5.41) is 9.96. The third kappa shape index (κ3) is 3.39. The van der Waals surface area contributed by atoms with Crippen LogP contribution in [0.15, 0.2) is 38.4 Å². The van der Waals surface area contributed by atoms with Crippen LogP contribution in [-0.2, 0) is 4.79 Å². The molecule has 1 aromatic rings. The summed E-state index contributed by atoms with van der Waals surface area (Å²) in [5.41, 5.74) is 1.12. The fraction of sp³-hybridized carbons (Fsp3) is 0.182. The molecule has 4 heteroatoms. The second kappa shape index (κ2) is 5.77. The SMILES string of the molecule is CC(=O)/C(=C\I)C(O)c1cccc(Br)c1. The molecule has 0 aliphatic heterocycles. The average molecular weight is 381 g/mol. The maximum absolute atomic E-state index is 11.2. The molecule has 0 heterocycles. The second-order valence-corrected chi connectivity index (χ2v) is 4.62. The number of carbonyl (C=O) groups excluding carboxylic acids is 1. The number of benzene rings is 1. The van der Waals surface area contributed by atoms with Gasteiger partial charge in [-0.15, -0.1) is 0 Å². The van der Waals surface area contributed by atoms with Gasteiger partial charge in [0.2, 0.25) is 0 Å². The molecule has 1 N–H and O–H groups in total. The van der Waals surface area contributed by atoms with Crippen molar-refractivity contribution >= 4 is 44.3 Å². The number of rotatable bonds is 3. The van der Waals surface area contributed by atoms with E-state index in [2.05, 4.69) is 15.9 Å². The molecule has 1 rings (SSSR count). The highest BCUT2D eigenvalue weighted by Gasteiger charge is 2.16. The van der Waals surface area contributed by atoms with Crippen LogP contribution in [0.3, 0.4) is 0 Å². The monoisotopic (exact) mass is 380 g/mol. The Balaban J connectivity index is 3.03. The van der Waals surface area contributed by atoms with Crippen LogP contribution in [0.25, 0.3) is 0 Å². The maximum Gasteiger partial charge on any atom is 0.159 e. The van der Waals surface area contributed by atoms with Crippen LogP contribution in [0.4, 0.5) is 0 Å². The molecule has 0 fully saturated rings. The Hall–Kier alpha value is -0.200. The van der Waals surface area contributed by atoms with Crippen molar-refractivity contribution in [3.8, 4) is 0 Å². The van der Waals surface area contributed by atoms with E-state index in [1.165, 1.54) is 6.92 Å². The van der Waals surface area contributed by atoms with E-state index in [4.69, 9.17) is 0 Å². The summed E-state index contributed by atoms with van der Waals surface area (Å²) in [6.45, 7) is 1.45. The lowest BCUT2D eigenvalue weighted by Crippen LogP contribution is -2.08. The smallest absolute Gasteiger partial charge is 0.159 e. The summed E-state index contributed by atoms with van der Waals surface area (Å²) in [4.78, 5) is 11.2. The molecule has 0 saturated carbocycles. The zero-order chi connectivity index (χ0) is 11.4. The van der Waals surface area contributed by atoms with Crippen LogP contribution in [0, 0.1) is 0 Å². The predicted octanol–water partition coefficient (Wildman–Crippen LogP) is 3.39. The van der Waals surface area contributed by atoms with Crippen molar-refractivity contribution in [3.63, 3.8) is 0 Å². The molecular weight excluding hydrogens is 371 g/mol. The second-order valence-electron chi connectivity index (χ2n) is 3.08. The first-order valence-corrected chi connectivity index (χ1v) is 6.35. The third-order valence-electron chi connectivity index (χ3n) is 1.98. The molecule has 0 aliphatic rings. The molecule has 0 amide bonds. The Labute approximate surface area is 111 Å². The molecule has 0 aromatic heterocycles. The van der Waals surface area contributed by atoms with Crippen LogP contribution in [0.5, 0.6) is 0 Å². The van der Waals surface area contributed by atoms with Crippen molar-refractivity contribution in [3.05, 3.63) is 44.0 Å². The van der Waals surface area contributed by atoms with Crippen molar-refractivity contribution in [1.82, 2.24) is 0 Å². The van der Waals surface area contributed by atoms with Gasteiger partial charge in [-0.05, 0) is 28.7 Å². The molecule has 1 unspecified atom stereocenters. The Kier molecular flexibility index (Phi) is 4.95. The van der Waals surface area contributed by atoms with Crippen LogP contribution < -0.4 is 0 Å². The maximum atomic E-state index is 11.2. The van der Waals surface area contributed by atoms with E-state index in [0.717, 1.165) is 4.47 Å². The quantitative estimate of drug-likeness (QED) is 0.644. The Morgan fingerprint density at radius 1 is 1.60 bits per heavy atom. The van der Waals surface area contributed by atoms with Crippen molar-refractivity contribution in [1.29, 1.82) is 0 Å². The summed E-state index contributed by atoms with van der Waals surface area (Å²) in [5.74, 6) is -0.114. The van der Waals surface area contributed by atoms with Gasteiger partial charge in [0.25, 0.3) is 0 Å². The van der Waals surface area contributed by atoms with Gasteiger partial charge in [-0.1, -0.05) is 50.7 Å². The Bertz CT molecular complexity index is 401. The van der Waals surface area contributed by atoms with Gasteiger partial charge in [0, 0.05) is 10.0 Å². The Morgan fingerprint density at radius 2 is 2.27 bits per heavy atom. The Morgan fingerprint density at radius 3 is 2.73 bits per heavy atom. The highest BCUT2D eigenvalue weighted by molar-refractivity contribution is 14.1. The van der Waals surface area contributed by atoms with E-state index < -0.39 is 6.10 Å². The fourth-order valence-electron chi connectivity index (χ4n) is 1.19. The molecule has 0 saturated heterocycles. The van der Waals surface area contributed by atoms with Crippen LogP contribution in [0.1, 0.15) is 18.6 Å². The van der Waals surface area contributed by atoms with Gasteiger partial charge >= 0.3 is 0 Å². The highest BCUT2D eigenvalue weighted by atomic mass is 127. The van der Waals surface area contributed by atoms with Crippen molar-refractivity contribution in [2.45, 2.75) is 13.0 Å². The molecule has 0 bridgehead atoms. The summed E-state index contributed by atoms with van der Waals surface area (Å²) >= 11 is 5.28. The lowest BCUT2D eigenvalue weighted by Gasteiger charge is -2.12. The van der Waals surface area contributed by atoms with Gasteiger partial charge in [0.15, 0.2) is 5.78 Å². The zero-order valence-electron chi connectivity index (χ0n) is 8.08. The number of aliphatic hydroxyl groups excluding tert-OH is 1. The van der Waals surface area contributed by atoms with Gasteiger partial charge in [-0.3, -0.25) is 4.79 Å². The summed E-state index contributed by atoms with van der Waals surface area (Å²) < 4.78 is 2.50. The lowest BCUT2D eigenvalue weighted by atomic mass is 10.0. The molecule has 0 aliphatic carbocycles. The number of hydrogen-bond donors (Lipinski definition) is 1. The van der Waals surface area contributed by atoms with Gasteiger partial charge in [-0.25, -0.2) is 0 Å². The average Bonchev–Trinajstić information content (AvgIpc) is 2.18. The topological polar surface area (TPSA) is 37.3 Å². The molecule has 0 spiro atoms. The van der Waals surface area contributed by atoms with E-state index in [9.17, 15) is 9.90 Å². The van der Waals surface area contributed by atoms with E-state index in [0.29, 0.717) is 11.1 Å². The van der Waals surface area contributed by atoms with E-state index in [1.807, 2.05) is 34.7 Å². The number of carbonyl (C=O) groups is 1. The van der Waals surface area contributed by atoms with Gasteiger partial charge in [0.05, 0.1) is 0 Å². The molecule has 80 valence electrons. The predicted molar refractivity (Wildman–Crippen MR) is 71.9 cm³/mol. The van der Waals surface area contributed by atoms with Crippen LogP contribution in [-0.4, -0.2) is 10.9 Å². The largest absolute Gasteiger partial charge is 0.384 e. The van der Waals surface area contributed by atoms with Gasteiger partial charge < -0.3 is 5.11 Å². The summed E-state index contributed by atoms with van der Waals surface area (Å²) in [7, 11) is 0. The minimum absolute atomic E-state index is 0.114. The number of hydrogen-bond acceptors (Lipinski definition) is 2. The minimum atomic E-state index is -0.850. The molecular formula is C11H10BrIO2. The fourth-order valence-corrected chi connectivity index (χ4v) is 2.38. The van der Waals surface area contributed by atoms with E-state index >= 15 is 0 Å². The van der Waals surface area contributed by atoms with E-state index in [-0.39, 0.29) is 5.78 Å². The molecule has 0 radical (unpaired) electrons. The summed E-state index contributed by atoms with van der Waals surface area (Å²) in [6, 6.07) is 7.29. The zero-order valence-corrected chi connectivity index (χ0v) is 11.8. The van der Waals surface area contributed by atoms with Gasteiger partial charge in [-0.2, -0.15) is 0 Å². The normalized spacial score (nSPS) is 13.7. The minimum Gasteiger partial charge on any atom is -0.384 e. The number of Topliss-reactive ketones (excluding diaryl/α,β-unsaturated/α-hetero) is 1. The number of ketones is 1. The first-order valence-electron chi connectivity index (χ1n) is 4.31. The lowest BCUT2D eigenvalue weighted by molar-refractivity contribution is -0.114. The third-order valence-corrected chi connectivity index (χ3v) is 3.15. The van der Waals surface area contributed by atoms with Crippen molar-refractivity contribution in [2.75, 3.05) is 0 Å². The van der Waals surface area contributed by atoms with E-state index in [1.54, 1.807) is 16.2 Å². The van der Waals surface area contributed by atoms with Gasteiger partial charge in [0.1, 0.15) is 6.10 Å². The molecule has 1 atom stereocenters. The van der Waals surface area contributed by atoms with Crippen LogP contribution in [0.2, 0.25) is 0 Å². The number of aliphatic hydroxyl groups is 1. The molecule has 2 nitrogen and oxygen atoms in total. The standard InChI is InChI=1S/C11H10BrIO2/c1-7(14)10(6-13)11(15)8-3-2-4-9(12)5-8/h2-6,11,15H,1H3/b10-6+. The summed E-state index contributed by atoms with van der Waals surface area (Å²) in [6.07, 6.45) is -0.850. The van der Waals surface area contributed by atoms with Crippen molar-refractivity contribution in [2.24, 2.45) is 0 Å². The molecule has 1 aromatic carbocycles. The number of halogens is 2.